The number of rotatable bonds is 4. The van der Waals surface area contributed by atoms with Crippen LogP contribution in [0, 0.1) is 0 Å². The van der Waals surface area contributed by atoms with Gasteiger partial charge in [0.05, 0.1) is 18.6 Å². The van der Waals surface area contributed by atoms with Gasteiger partial charge in [0, 0.05) is 6.42 Å². The third-order valence-corrected chi connectivity index (χ3v) is 1.73. The minimum absolute atomic E-state index is 0.103. The Morgan fingerprint density at radius 1 is 1.67 bits per heavy atom. The molecule has 0 aliphatic rings. The Kier molecular flexibility index (Phi) is 2.83. The van der Waals surface area contributed by atoms with E-state index >= 15 is 0 Å². The maximum Gasteiger partial charge on any atom is 0.264 e. The van der Waals surface area contributed by atoms with Crippen LogP contribution in [-0.4, -0.2) is 26.3 Å². The van der Waals surface area contributed by atoms with Crippen LogP contribution in [-0.2, 0) is 20.7 Å². The molecule has 0 atom stereocenters. The maximum absolute atomic E-state index is 10.5. The highest BCUT2D eigenvalue weighted by atomic mass is 32.2. The Hall–Kier alpha value is -0.880. The number of hydrogen-bond acceptors (Lipinski definition) is 5. The van der Waals surface area contributed by atoms with E-state index in [2.05, 4.69) is 13.6 Å². The largest absolute Gasteiger partial charge is 0.451 e. The van der Waals surface area contributed by atoms with Crippen LogP contribution in [0.2, 0.25) is 0 Å². The van der Waals surface area contributed by atoms with Gasteiger partial charge >= 0.3 is 0 Å². The second-order valence-corrected chi connectivity index (χ2v) is 3.90. The summed E-state index contributed by atoms with van der Waals surface area (Å²) < 4.78 is 30.2. The van der Waals surface area contributed by atoms with Crippen LogP contribution >= 0.6 is 0 Å². The van der Waals surface area contributed by atoms with Gasteiger partial charge in [-0.3, -0.25) is 4.18 Å². The van der Waals surface area contributed by atoms with Gasteiger partial charge in [0.2, 0.25) is 0 Å². The lowest BCUT2D eigenvalue weighted by Crippen LogP contribution is -2.06. The molecule has 0 N–H and O–H groups in total. The molecule has 0 unspecified atom stereocenters. The third-order valence-electron chi connectivity index (χ3n) is 1.14. The van der Waals surface area contributed by atoms with Gasteiger partial charge in [-0.05, 0) is 0 Å². The average molecular weight is 191 g/mol. The lowest BCUT2D eigenvalue weighted by atomic mass is 10.4. The second-order valence-electron chi connectivity index (χ2n) is 2.26. The van der Waals surface area contributed by atoms with Crippen molar-refractivity contribution in [2.45, 2.75) is 6.42 Å². The lowest BCUT2D eigenvalue weighted by Gasteiger charge is -1.96. The standard InChI is InChI=1S/C6H9NO4S/c1-12(8,9)11-3-2-6-4-10-5-7-6/h4-5H,2-3H2,1H3. The Bertz CT molecular complexity index is 315. The number of aromatic nitrogens is 1. The zero-order valence-electron chi connectivity index (χ0n) is 6.56. The van der Waals surface area contributed by atoms with E-state index < -0.39 is 10.1 Å². The molecule has 0 aromatic carbocycles. The number of nitrogens with zero attached hydrogens (tertiary/aromatic N) is 1. The molecule has 0 saturated heterocycles. The van der Waals surface area contributed by atoms with Gasteiger partial charge in [0.1, 0.15) is 6.26 Å². The molecule has 0 amide bonds. The summed E-state index contributed by atoms with van der Waals surface area (Å²) in [7, 11) is -3.34. The molecule has 0 aliphatic heterocycles. The van der Waals surface area contributed by atoms with Crippen LogP contribution in [0.1, 0.15) is 5.69 Å². The fourth-order valence-electron chi connectivity index (χ4n) is 0.659. The van der Waals surface area contributed by atoms with Crippen LogP contribution < -0.4 is 0 Å². The fraction of sp³-hybridized carbons (Fsp3) is 0.500. The zero-order valence-corrected chi connectivity index (χ0v) is 7.37. The lowest BCUT2D eigenvalue weighted by molar-refractivity contribution is 0.324. The minimum atomic E-state index is -3.34. The number of oxazole rings is 1. The van der Waals surface area contributed by atoms with Gasteiger partial charge in [-0.15, -0.1) is 0 Å². The molecule has 68 valence electrons. The number of hydrogen-bond donors (Lipinski definition) is 0. The first-order chi connectivity index (χ1) is 5.58. The van der Waals surface area contributed by atoms with Crippen molar-refractivity contribution >= 4 is 10.1 Å². The van der Waals surface area contributed by atoms with E-state index in [1.165, 1.54) is 12.7 Å². The molecule has 12 heavy (non-hydrogen) atoms. The van der Waals surface area contributed by atoms with Crippen molar-refractivity contribution in [2.75, 3.05) is 12.9 Å². The van der Waals surface area contributed by atoms with Crippen molar-refractivity contribution in [3.8, 4) is 0 Å². The van der Waals surface area contributed by atoms with Gasteiger partial charge < -0.3 is 4.42 Å². The first-order valence-corrected chi connectivity index (χ1v) is 5.11. The van der Waals surface area contributed by atoms with Crippen LogP contribution in [0.3, 0.4) is 0 Å². The molecule has 0 spiro atoms. The molecule has 0 saturated carbocycles. The monoisotopic (exact) mass is 191 g/mol. The Balaban J connectivity index is 2.29. The molecule has 0 bridgehead atoms. The molecule has 1 heterocycles. The Morgan fingerprint density at radius 3 is 2.92 bits per heavy atom. The smallest absolute Gasteiger partial charge is 0.264 e. The van der Waals surface area contributed by atoms with Crippen LogP contribution in [0.25, 0.3) is 0 Å². The van der Waals surface area contributed by atoms with Crippen molar-refractivity contribution in [2.24, 2.45) is 0 Å². The molecule has 1 rings (SSSR count). The van der Waals surface area contributed by atoms with Crippen LogP contribution in [0.15, 0.2) is 17.1 Å². The molecule has 0 aliphatic carbocycles. The quantitative estimate of drug-likeness (QED) is 0.635. The first-order valence-electron chi connectivity index (χ1n) is 3.29. The van der Waals surface area contributed by atoms with E-state index in [1.807, 2.05) is 0 Å². The van der Waals surface area contributed by atoms with Gasteiger partial charge in [-0.2, -0.15) is 8.42 Å². The van der Waals surface area contributed by atoms with Gasteiger partial charge in [-0.1, -0.05) is 0 Å². The summed E-state index contributed by atoms with van der Waals surface area (Å²) in [5.41, 5.74) is 0.679. The van der Waals surface area contributed by atoms with Crippen LogP contribution in [0.4, 0.5) is 0 Å². The van der Waals surface area contributed by atoms with Gasteiger partial charge in [0.15, 0.2) is 6.39 Å². The normalized spacial score (nSPS) is 11.8. The summed E-state index contributed by atoms with van der Waals surface area (Å²) in [5, 5.41) is 0. The molecule has 0 radical (unpaired) electrons. The first kappa shape index (κ1) is 9.21. The van der Waals surface area contributed by atoms with E-state index in [-0.39, 0.29) is 6.61 Å². The predicted molar refractivity (Wildman–Crippen MR) is 41.0 cm³/mol. The van der Waals surface area contributed by atoms with Gasteiger partial charge in [0.25, 0.3) is 10.1 Å². The van der Waals surface area contributed by atoms with Crippen molar-refractivity contribution in [3.05, 3.63) is 18.4 Å². The van der Waals surface area contributed by atoms with E-state index in [9.17, 15) is 8.42 Å². The average Bonchev–Trinajstić information content (AvgIpc) is 2.36. The highest BCUT2D eigenvalue weighted by Crippen LogP contribution is 1.97. The Morgan fingerprint density at radius 2 is 2.42 bits per heavy atom. The summed E-state index contributed by atoms with van der Waals surface area (Å²) in [6.07, 6.45) is 4.18. The van der Waals surface area contributed by atoms with Gasteiger partial charge in [-0.25, -0.2) is 4.98 Å². The molecule has 0 fully saturated rings. The predicted octanol–water partition coefficient (Wildman–Crippen LogP) is 0.193. The highest BCUT2D eigenvalue weighted by Gasteiger charge is 2.02. The van der Waals surface area contributed by atoms with Crippen molar-refractivity contribution in [3.63, 3.8) is 0 Å². The topological polar surface area (TPSA) is 69.4 Å². The summed E-state index contributed by atoms with van der Waals surface area (Å²) in [6.45, 7) is 0.103. The third kappa shape index (κ3) is 3.49. The molecule has 1 aromatic rings. The van der Waals surface area contributed by atoms with E-state index in [1.54, 1.807) is 0 Å². The second kappa shape index (κ2) is 3.68. The fourth-order valence-corrected chi connectivity index (χ4v) is 1.04. The van der Waals surface area contributed by atoms with Crippen molar-refractivity contribution in [1.82, 2.24) is 4.98 Å². The zero-order chi connectivity index (χ0) is 9.03. The van der Waals surface area contributed by atoms with Crippen LogP contribution in [0.5, 0.6) is 0 Å². The molecule has 6 heteroatoms. The van der Waals surface area contributed by atoms with E-state index in [0.717, 1.165) is 6.26 Å². The Labute approximate surface area is 70.5 Å². The molecular weight excluding hydrogens is 182 g/mol. The highest BCUT2D eigenvalue weighted by molar-refractivity contribution is 7.85. The summed E-state index contributed by atoms with van der Waals surface area (Å²) >= 11 is 0. The molecule has 1 aromatic heterocycles. The summed E-state index contributed by atoms with van der Waals surface area (Å²) in [5.74, 6) is 0. The van der Waals surface area contributed by atoms with Crippen molar-refractivity contribution < 1.29 is 17.0 Å². The SMILES string of the molecule is CS(=O)(=O)OCCc1cocn1. The maximum atomic E-state index is 10.5. The molecule has 5 nitrogen and oxygen atoms in total. The summed E-state index contributed by atoms with van der Waals surface area (Å²) in [4.78, 5) is 3.79. The van der Waals surface area contributed by atoms with Crippen molar-refractivity contribution in [1.29, 1.82) is 0 Å². The van der Waals surface area contributed by atoms with E-state index in [4.69, 9.17) is 0 Å². The van der Waals surface area contributed by atoms with E-state index in [0.29, 0.717) is 12.1 Å². The minimum Gasteiger partial charge on any atom is -0.451 e. The summed E-state index contributed by atoms with van der Waals surface area (Å²) in [6, 6.07) is 0. The molecular formula is C6H9NO4S.